The van der Waals surface area contributed by atoms with Gasteiger partial charge in [0.1, 0.15) is 5.75 Å². The number of ether oxygens (including phenoxy) is 2. The number of nitrogens with zero attached hydrogens (tertiary/aromatic N) is 1. The maximum atomic E-state index is 12.3. The molecular formula is C25H30N2O5. The van der Waals surface area contributed by atoms with Crippen LogP contribution in [0.5, 0.6) is 5.75 Å². The number of unbranched alkanes of at least 4 members (excludes halogenated alkanes) is 2. The predicted octanol–water partition coefficient (Wildman–Crippen LogP) is 4.50. The van der Waals surface area contributed by atoms with Crippen molar-refractivity contribution in [3.63, 3.8) is 0 Å². The monoisotopic (exact) mass is 438 g/mol. The molecule has 0 bridgehead atoms. The standard InChI is InChI=1S/C25H30N2O5/c1-2-3-6-17-31-20-12-10-19(11-13-20)23(28)14-15-24(29)32-18-7-16-27-22-9-5-4-8-21(22)26-25(27)30/h4-5,8-13H,2-3,6-7,14-18H2,1H3,(H,26,30). The average molecular weight is 439 g/mol. The fourth-order valence-corrected chi connectivity index (χ4v) is 3.45. The predicted molar refractivity (Wildman–Crippen MR) is 123 cm³/mol. The first-order chi connectivity index (χ1) is 15.6. The molecule has 0 atom stereocenters. The number of benzene rings is 2. The largest absolute Gasteiger partial charge is 0.494 e. The second-order valence-electron chi connectivity index (χ2n) is 7.68. The first-order valence-electron chi connectivity index (χ1n) is 11.2. The van der Waals surface area contributed by atoms with Crippen molar-refractivity contribution in [2.75, 3.05) is 13.2 Å². The number of carbonyl (C=O) groups is 2. The number of imidazole rings is 1. The highest BCUT2D eigenvalue weighted by Crippen LogP contribution is 2.15. The van der Waals surface area contributed by atoms with E-state index in [1.165, 1.54) is 0 Å². The van der Waals surface area contributed by atoms with Gasteiger partial charge < -0.3 is 14.5 Å². The Morgan fingerprint density at radius 3 is 2.50 bits per heavy atom. The number of aromatic nitrogens is 2. The molecule has 0 radical (unpaired) electrons. The summed E-state index contributed by atoms with van der Waals surface area (Å²) in [5.41, 5.74) is 1.98. The molecule has 3 aromatic rings. The Balaban J connectivity index is 1.36. The van der Waals surface area contributed by atoms with Gasteiger partial charge in [0.25, 0.3) is 0 Å². The van der Waals surface area contributed by atoms with Gasteiger partial charge in [-0.1, -0.05) is 31.9 Å². The number of esters is 1. The highest BCUT2D eigenvalue weighted by atomic mass is 16.5. The summed E-state index contributed by atoms with van der Waals surface area (Å²) in [5, 5.41) is 0. The summed E-state index contributed by atoms with van der Waals surface area (Å²) in [6.07, 6.45) is 3.93. The van der Waals surface area contributed by atoms with Gasteiger partial charge in [0.2, 0.25) is 0 Å². The van der Waals surface area contributed by atoms with Crippen LogP contribution in [-0.2, 0) is 16.1 Å². The zero-order valence-corrected chi connectivity index (χ0v) is 18.5. The van der Waals surface area contributed by atoms with E-state index in [9.17, 15) is 14.4 Å². The molecule has 0 saturated heterocycles. The zero-order valence-electron chi connectivity index (χ0n) is 18.5. The minimum atomic E-state index is -0.416. The normalized spacial score (nSPS) is 10.9. The number of ketones is 1. The number of fused-ring (bicyclic) bond motifs is 1. The Kier molecular flexibility index (Phi) is 8.66. The molecule has 0 fully saturated rings. The minimum absolute atomic E-state index is 0.0289. The van der Waals surface area contributed by atoms with E-state index in [-0.39, 0.29) is 30.9 Å². The van der Waals surface area contributed by atoms with Crippen LogP contribution in [0.3, 0.4) is 0 Å². The number of rotatable bonds is 13. The number of aryl methyl sites for hydroxylation is 1. The third-order valence-corrected chi connectivity index (χ3v) is 5.22. The molecule has 7 heteroatoms. The Labute approximate surface area is 187 Å². The molecule has 0 saturated carbocycles. The van der Waals surface area contributed by atoms with Crippen LogP contribution in [0.1, 0.15) is 55.8 Å². The van der Waals surface area contributed by atoms with Gasteiger partial charge in [0.15, 0.2) is 5.78 Å². The van der Waals surface area contributed by atoms with Crippen molar-refractivity contribution in [3.05, 3.63) is 64.6 Å². The fraction of sp³-hybridized carbons (Fsp3) is 0.400. The lowest BCUT2D eigenvalue weighted by atomic mass is 10.1. The van der Waals surface area contributed by atoms with Crippen LogP contribution in [0, 0.1) is 0 Å². The van der Waals surface area contributed by atoms with Crippen molar-refractivity contribution in [1.29, 1.82) is 0 Å². The molecule has 0 aliphatic carbocycles. The summed E-state index contributed by atoms with van der Waals surface area (Å²) in [6, 6.07) is 14.5. The van der Waals surface area contributed by atoms with Crippen LogP contribution in [0.15, 0.2) is 53.3 Å². The highest BCUT2D eigenvalue weighted by Gasteiger charge is 2.11. The SMILES string of the molecule is CCCCCOc1ccc(C(=O)CCC(=O)OCCCn2c(=O)[nH]c3ccccc32)cc1. The molecule has 0 aliphatic rings. The molecule has 3 rings (SSSR count). The molecule has 0 spiro atoms. The van der Waals surface area contributed by atoms with Gasteiger partial charge in [-0.15, -0.1) is 0 Å². The van der Waals surface area contributed by atoms with Crippen LogP contribution in [-0.4, -0.2) is 34.5 Å². The van der Waals surface area contributed by atoms with Gasteiger partial charge in [-0.2, -0.15) is 0 Å². The van der Waals surface area contributed by atoms with Crippen molar-refractivity contribution in [1.82, 2.24) is 9.55 Å². The summed E-state index contributed by atoms with van der Waals surface area (Å²) in [5.74, 6) is 0.219. The minimum Gasteiger partial charge on any atom is -0.494 e. The summed E-state index contributed by atoms with van der Waals surface area (Å²) in [4.78, 5) is 39.1. The summed E-state index contributed by atoms with van der Waals surface area (Å²) >= 11 is 0. The lowest BCUT2D eigenvalue weighted by Crippen LogP contribution is -2.18. The molecular weight excluding hydrogens is 408 g/mol. The number of Topliss-reactive ketones (excluding diaryl/α,β-unsaturated/α-hetero) is 1. The molecule has 170 valence electrons. The van der Waals surface area contributed by atoms with Gasteiger partial charge in [0.05, 0.1) is 30.7 Å². The van der Waals surface area contributed by atoms with Crippen LogP contribution in [0.25, 0.3) is 11.0 Å². The number of para-hydroxylation sites is 2. The maximum absolute atomic E-state index is 12.3. The van der Waals surface area contributed by atoms with Crippen molar-refractivity contribution < 1.29 is 19.1 Å². The maximum Gasteiger partial charge on any atom is 0.326 e. The van der Waals surface area contributed by atoms with E-state index in [1.807, 2.05) is 24.3 Å². The van der Waals surface area contributed by atoms with E-state index in [0.717, 1.165) is 36.0 Å². The van der Waals surface area contributed by atoms with Crippen molar-refractivity contribution in [2.45, 2.75) is 52.0 Å². The molecule has 0 amide bonds. The van der Waals surface area contributed by atoms with E-state index >= 15 is 0 Å². The third-order valence-electron chi connectivity index (χ3n) is 5.22. The summed E-state index contributed by atoms with van der Waals surface area (Å²) < 4.78 is 12.5. The van der Waals surface area contributed by atoms with Crippen molar-refractivity contribution in [3.8, 4) is 5.75 Å². The highest BCUT2D eigenvalue weighted by molar-refractivity contribution is 5.97. The summed E-state index contributed by atoms with van der Waals surface area (Å²) in [7, 11) is 0. The molecule has 1 N–H and O–H groups in total. The average Bonchev–Trinajstić information content (AvgIpc) is 3.13. The van der Waals surface area contributed by atoms with Gasteiger partial charge in [-0.05, 0) is 49.2 Å². The van der Waals surface area contributed by atoms with Crippen molar-refractivity contribution in [2.24, 2.45) is 0 Å². The van der Waals surface area contributed by atoms with E-state index in [2.05, 4.69) is 11.9 Å². The number of carbonyl (C=O) groups excluding carboxylic acids is 2. The molecule has 1 heterocycles. The number of nitrogens with one attached hydrogen (secondary N) is 1. The molecule has 2 aromatic carbocycles. The number of hydrogen-bond acceptors (Lipinski definition) is 5. The first kappa shape index (κ1) is 23.3. The lowest BCUT2D eigenvalue weighted by molar-refractivity contribution is -0.143. The molecule has 32 heavy (non-hydrogen) atoms. The molecule has 0 aliphatic heterocycles. The number of H-pyrrole nitrogens is 1. The second kappa shape index (κ2) is 11.9. The smallest absolute Gasteiger partial charge is 0.326 e. The van der Waals surface area contributed by atoms with Crippen molar-refractivity contribution >= 4 is 22.8 Å². The molecule has 1 aromatic heterocycles. The number of hydrogen-bond donors (Lipinski definition) is 1. The molecule has 0 unspecified atom stereocenters. The van der Waals surface area contributed by atoms with Gasteiger partial charge in [0, 0.05) is 18.5 Å². The summed E-state index contributed by atoms with van der Waals surface area (Å²) in [6.45, 7) is 3.46. The van der Waals surface area contributed by atoms with Gasteiger partial charge in [-0.3, -0.25) is 14.2 Å². The van der Waals surface area contributed by atoms with Gasteiger partial charge in [-0.25, -0.2) is 4.79 Å². The Morgan fingerprint density at radius 2 is 1.72 bits per heavy atom. The Bertz CT molecular complexity index is 1080. The van der Waals surface area contributed by atoms with E-state index in [0.29, 0.717) is 25.1 Å². The van der Waals surface area contributed by atoms with Crippen LogP contribution < -0.4 is 10.4 Å². The number of aromatic amines is 1. The van der Waals surface area contributed by atoms with E-state index in [1.54, 1.807) is 28.8 Å². The van der Waals surface area contributed by atoms with E-state index < -0.39 is 5.97 Å². The first-order valence-corrected chi connectivity index (χ1v) is 11.2. The lowest BCUT2D eigenvalue weighted by Gasteiger charge is -2.07. The zero-order chi connectivity index (χ0) is 22.8. The topological polar surface area (TPSA) is 90.4 Å². The van der Waals surface area contributed by atoms with Gasteiger partial charge >= 0.3 is 11.7 Å². The Hall–Kier alpha value is -3.35. The second-order valence-corrected chi connectivity index (χ2v) is 7.68. The molecule has 7 nitrogen and oxygen atoms in total. The Morgan fingerprint density at radius 1 is 0.938 bits per heavy atom. The fourth-order valence-electron chi connectivity index (χ4n) is 3.45. The quantitative estimate of drug-likeness (QED) is 0.241. The van der Waals surface area contributed by atoms with Crippen LogP contribution in [0.4, 0.5) is 0 Å². The van der Waals surface area contributed by atoms with E-state index in [4.69, 9.17) is 9.47 Å². The third kappa shape index (κ3) is 6.57. The van der Waals surface area contributed by atoms with Crippen LogP contribution >= 0.6 is 0 Å². The van der Waals surface area contributed by atoms with Crippen LogP contribution in [0.2, 0.25) is 0 Å².